The zero-order valence-corrected chi connectivity index (χ0v) is 23.7. The lowest BCUT2D eigenvalue weighted by Gasteiger charge is -2.33. The number of nitrogens with one attached hydrogen (secondary N) is 4. The van der Waals surface area contributed by atoms with Gasteiger partial charge in [0.15, 0.2) is 17.2 Å². The van der Waals surface area contributed by atoms with Crippen LogP contribution < -0.4 is 16.0 Å². The van der Waals surface area contributed by atoms with Crippen molar-refractivity contribution in [2.75, 3.05) is 31.5 Å². The summed E-state index contributed by atoms with van der Waals surface area (Å²) in [5.41, 5.74) is 0.159. The van der Waals surface area contributed by atoms with Crippen molar-refractivity contribution in [3.63, 3.8) is 0 Å². The van der Waals surface area contributed by atoms with Crippen molar-refractivity contribution in [2.24, 2.45) is 5.92 Å². The molecule has 0 unspecified atom stereocenters. The van der Waals surface area contributed by atoms with Crippen LogP contribution in [0.25, 0.3) is 16.9 Å². The van der Waals surface area contributed by atoms with Gasteiger partial charge in [0.1, 0.15) is 0 Å². The summed E-state index contributed by atoms with van der Waals surface area (Å²) in [5.74, 6) is 0.234. The van der Waals surface area contributed by atoms with Gasteiger partial charge in [0, 0.05) is 49.3 Å². The highest BCUT2D eigenvalue weighted by Crippen LogP contribution is 2.36. The molecule has 0 aliphatic carbocycles. The largest absolute Gasteiger partial charge is 0.435 e. The third-order valence-electron chi connectivity index (χ3n) is 7.91. The number of anilines is 2. The van der Waals surface area contributed by atoms with E-state index in [-0.39, 0.29) is 45.9 Å². The molecule has 2 fully saturated rings. The summed E-state index contributed by atoms with van der Waals surface area (Å²) in [7, 11) is 0. The van der Waals surface area contributed by atoms with Crippen LogP contribution in [0.2, 0.25) is 5.02 Å². The summed E-state index contributed by atoms with van der Waals surface area (Å²) in [6.07, 6.45) is 3.82. The van der Waals surface area contributed by atoms with Crippen LogP contribution in [0.15, 0.2) is 43.0 Å². The first-order valence-corrected chi connectivity index (χ1v) is 14.4. The number of alkyl halides is 3. The lowest BCUT2D eigenvalue weighted by molar-refractivity contribution is -0.140. The summed E-state index contributed by atoms with van der Waals surface area (Å²) in [6, 6.07) is 4.93. The lowest BCUT2D eigenvalue weighted by atomic mass is 9.95. The first-order valence-electron chi connectivity index (χ1n) is 14.0. The Morgan fingerprint density at radius 1 is 1.07 bits per heavy atom. The quantitative estimate of drug-likeness (QED) is 0.255. The molecule has 6 rings (SSSR count). The fourth-order valence-corrected chi connectivity index (χ4v) is 5.87. The molecule has 226 valence electrons. The molecule has 11 nitrogen and oxygen atoms in total. The number of imidazole rings is 1. The number of H-pyrrole nitrogens is 1. The Morgan fingerprint density at radius 2 is 1.84 bits per heavy atom. The van der Waals surface area contributed by atoms with E-state index >= 15 is 0 Å². The average Bonchev–Trinajstić information content (AvgIpc) is 3.66. The Morgan fingerprint density at radius 3 is 2.56 bits per heavy atom. The maximum atomic E-state index is 13.4. The molecule has 0 atom stereocenters. The number of rotatable bonds is 6. The highest BCUT2D eigenvalue weighted by molar-refractivity contribution is 6.34. The zero-order valence-electron chi connectivity index (χ0n) is 22.9. The van der Waals surface area contributed by atoms with Gasteiger partial charge in [0.05, 0.1) is 28.0 Å². The SMILES string of the molecule is O=C(NC1CCN(C(=O)c2ccc(Nc3nccn4c(-c5c[nH]nc5C(F)(F)F)cnc34)cc2Cl)CC1)C1CCNCC1. The van der Waals surface area contributed by atoms with Crippen LogP contribution in [-0.4, -0.2) is 73.5 Å². The highest BCUT2D eigenvalue weighted by atomic mass is 35.5. The summed E-state index contributed by atoms with van der Waals surface area (Å²) in [5, 5.41) is 15.4. The maximum Gasteiger partial charge on any atom is 0.435 e. The molecule has 0 saturated carbocycles. The maximum absolute atomic E-state index is 13.4. The first kappa shape index (κ1) is 28.9. The van der Waals surface area contributed by atoms with Crippen molar-refractivity contribution in [1.29, 1.82) is 0 Å². The fraction of sp³-hybridized carbons (Fsp3) is 0.393. The minimum absolute atomic E-state index is 0.0421. The van der Waals surface area contributed by atoms with Crippen molar-refractivity contribution in [3.8, 4) is 11.3 Å². The smallest absolute Gasteiger partial charge is 0.353 e. The van der Waals surface area contributed by atoms with E-state index in [1.54, 1.807) is 23.1 Å². The van der Waals surface area contributed by atoms with Crippen LogP contribution in [0.3, 0.4) is 0 Å². The van der Waals surface area contributed by atoms with Gasteiger partial charge in [-0.1, -0.05) is 11.6 Å². The van der Waals surface area contributed by atoms with Gasteiger partial charge in [-0.2, -0.15) is 18.3 Å². The van der Waals surface area contributed by atoms with Gasteiger partial charge in [0.2, 0.25) is 5.91 Å². The van der Waals surface area contributed by atoms with Crippen LogP contribution >= 0.6 is 11.6 Å². The van der Waals surface area contributed by atoms with Gasteiger partial charge in [-0.25, -0.2) is 9.97 Å². The molecule has 4 aromatic rings. The summed E-state index contributed by atoms with van der Waals surface area (Å²) >= 11 is 6.54. The van der Waals surface area contributed by atoms with Gasteiger partial charge < -0.3 is 20.9 Å². The number of nitrogens with zero attached hydrogens (tertiary/aromatic N) is 5. The molecule has 2 amide bonds. The zero-order chi connectivity index (χ0) is 30.1. The summed E-state index contributed by atoms with van der Waals surface area (Å²) in [6.45, 7) is 2.73. The highest BCUT2D eigenvalue weighted by Gasteiger charge is 2.37. The molecule has 15 heteroatoms. The molecular weight excluding hydrogens is 587 g/mol. The predicted octanol–water partition coefficient (Wildman–Crippen LogP) is 4.26. The normalized spacial score (nSPS) is 16.9. The summed E-state index contributed by atoms with van der Waals surface area (Å²) in [4.78, 5) is 36.2. The van der Waals surface area contributed by atoms with Crippen LogP contribution in [0.5, 0.6) is 0 Å². The molecule has 0 bridgehead atoms. The molecule has 2 aliphatic rings. The third-order valence-corrected chi connectivity index (χ3v) is 8.23. The van der Waals surface area contributed by atoms with Gasteiger partial charge in [0.25, 0.3) is 5.91 Å². The van der Waals surface area contributed by atoms with E-state index < -0.39 is 11.9 Å². The van der Waals surface area contributed by atoms with Crippen LogP contribution in [0.4, 0.5) is 24.7 Å². The number of hydrogen-bond donors (Lipinski definition) is 4. The molecule has 2 saturated heterocycles. The molecule has 3 aromatic heterocycles. The molecule has 2 aliphatic heterocycles. The van der Waals surface area contributed by atoms with Crippen molar-refractivity contribution < 1.29 is 22.8 Å². The number of aromatic amines is 1. The molecule has 0 radical (unpaired) electrons. The monoisotopic (exact) mass is 615 g/mol. The second-order valence-electron chi connectivity index (χ2n) is 10.7. The van der Waals surface area contributed by atoms with Crippen LogP contribution in [0, 0.1) is 5.92 Å². The van der Waals surface area contributed by atoms with Crippen LogP contribution in [-0.2, 0) is 11.0 Å². The lowest BCUT2D eigenvalue weighted by Crippen LogP contribution is -2.49. The van der Waals surface area contributed by atoms with Gasteiger partial charge >= 0.3 is 6.18 Å². The second kappa shape index (κ2) is 11.8. The van der Waals surface area contributed by atoms with Gasteiger partial charge in [-0.15, -0.1) is 0 Å². The molecule has 1 aromatic carbocycles. The number of carbonyl (C=O) groups is 2. The van der Waals surface area contributed by atoms with E-state index in [4.69, 9.17) is 11.6 Å². The Balaban J connectivity index is 1.11. The Hall–Kier alpha value is -4.17. The number of likely N-dealkylation sites (tertiary alicyclic amines) is 1. The fourth-order valence-electron chi connectivity index (χ4n) is 5.61. The van der Waals surface area contributed by atoms with E-state index in [2.05, 4.69) is 36.1 Å². The molecule has 43 heavy (non-hydrogen) atoms. The molecule has 0 spiro atoms. The molecular formula is C28H29ClF3N9O2. The van der Waals surface area contributed by atoms with Gasteiger partial charge in [-0.05, 0) is 57.0 Å². The number of fused-ring (bicyclic) bond motifs is 1. The summed E-state index contributed by atoms with van der Waals surface area (Å²) < 4.78 is 41.7. The number of piperidine rings is 2. The third kappa shape index (κ3) is 6.02. The van der Waals surface area contributed by atoms with Crippen molar-refractivity contribution in [1.82, 2.24) is 40.1 Å². The number of aromatic nitrogens is 5. The van der Waals surface area contributed by atoms with Crippen molar-refractivity contribution >= 4 is 40.6 Å². The number of hydrogen-bond acceptors (Lipinski definition) is 7. The topological polar surface area (TPSA) is 132 Å². The van der Waals surface area contributed by atoms with E-state index in [0.29, 0.717) is 42.8 Å². The standard InChI is InChI=1S/C28H29ClF3N9O2/c29-21-13-18(37-24-25-35-15-22(41(25)12-9-34-24)20-14-36-39-23(20)28(30,31)32)1-2-19(21)27(43)40-10-5-17(6-11-40)38-26(42)16-3-7-33-8-4-16/h1-2,9,12-17,33H,3-8,10-11H2,(H,34,37)(H,36,39)(H,38,42). The predicted molar refractivity (Wildman–Crippen MR) is 153 cm³/mol. The number of carbonyl (C=O) groups excluding carboxylic acids is 2. The van der Waals surface area contributed by atoms with Crippen LogP contribution in [0.1, 0.15) is 41.7 Å². The van der Waals surface area contributed by atoms with Gasteiger partial charge in [-0.3, -0.25) is 19.1 Å². The van der Waals surface area contributed by atoms with E-state index in [9.17, 15) is 22.8 Å². The first-order chi connectivity index (χ1) is 20.7. The Labute approximate surface area is 249 Å². The van der Waals surface area contributed by atoms with E-state index in [1.165, 1.54) is 29.2 Å². The number of amides is 2. The Kier molecular flexibility index (Phi) is 7.97. The second-order valence-corrected chi connectivity index (χ2v) is 11.1. The average molecular weight is 616 g/mol. The van der Waals surface area contributed by atoms with Crippen molar-refractivity contribution in [2.45, 2.75) is 37.9 Å². The molecule has 4 N–H and O–H groups in total. The number of halogens is 4. The minimum atomic E-state index is -4.64. The van der Waals surface area contributed by atoms with E-state index in [1.807, 2.05) is 0 Å². The minimum Gasteiger partial charge on any atom is -0.353 e. The van der Waals surface area contributed by atoms with E-state index in [0.717, 1.165) is 25.9 Å². The number of benzene rings is 1. The van der Waals surface area contributed by atoms with Crippen molar-refractivity contribution in [3.05, 3.63) is 59.3 Å². The molecule has 5 heterocycles. The Bertz CT molecular complexity index is 1640.